The molecule has 1 nitrogen and oxygen atoms in total. The molecule has 0 saturated carbocycles. The number of hydrogen-bond donors (Lipinski definition) is 1. The second-order valence-corrected chi connectivity index (χ2v) is 5.09. The fourth-order valence-corrected chi connectivity index (χ4v) is 2.82. The third-order valence-corrected chi connectivity index (χ3v) is 3.97. The van der Waals surface area contributed by atoms with Crippen LogP contribution in [0.2, 0.25) is 5.02 Å². The van der Waals surface area contributed by atoms with E-state index in [1.807, 2.05) is 13.1 Å². The summed E-state index contributed by atoms with van der Waals surface area (Å²) in [5, 5.41) is 6.08. The Morgan fingerprint density at radius 1 is 1.31 bits per heavy atom. The van der Waals surface area contributed by atoms with E-state index in [1.54, 1.807) is 11.3 Å². The average Bonchev–Trinajstić information content (AvgIpc) is 2.68. The summed E-state index contributed by atoms with van der Waals surface area (Å²) in [6.45, 7) is 2.94. The summed E-state index contributed by atoms with van der Waals surface area (Å²) in [4.78, 5) is 1.33. The van der Waals surface area contributed by atoms with Crippen LogP contribution in [0, 0.1) is 6.92 Å². The van der Waals surface area contributed by atoms with Gasteiger partial charge in [-0.05, 0) is 54.2 Å². The van der Waals surface area contributed by atoms with Crippen LogP contribution in [0.25, 0.3) is 10.4 Å². The number of aryl methyl sites for hydroxylation is 1. The minimum atomic E-state index is 0.803. The van der Waals surface area contributed by atoms with Crippen molar-refractivity contribution < 1.29 is 0 Å². The van der Waals surface area contributed by atoms with Gasteiger partial charge in [-0.25, -0.2) is 0 Å². The van der Waals surface area contributed by atoms with Gasteiger partial charge < -0.3 is 5.32 Å². The van der Waals surface area contributed by atoms with Gasteiger partial charge >= 0.3 is 0 Å². The van der Waals surface area contributed by atoms with Crippen LogP contribution in [0.1, 0.15) is 11.1 Å². The zero-order valence-corrected chi connectivity index (χ0v) is 11.0. The Kier molecular flexibility index (Phi) is 3.64. The van der Waals surface area contributed by atoms with Crippen molar-refractivity contribution in [3.8, 4) is 10.4 Å². The molecular weight excluding hydrogens is 238 g/mol. The topological polar surface area (TPSA) is 12.0 Å². The molecule has 1 N–H and O–H groups in total. The Hall–Kier alpha value is -0.830. The predicted molar refractivity (Wildman–Crippen MR) is 72.3 cm³/mol. The molecule has 0 saturated heterocycles. The lowest BCUT2D eigenvalue weighted by Crippen LogP contribution is -2.05. The highest BCUT2D eigenvalue weighted by atomic mass is 35.5. The second kappa shape index (κ2) is 5.00. The van der Waals surface area contributed by atoms with Crippen LogP contribution < -0.4 is 5.32 Å². The minimum Gasteiger partial charge on any atom is -0.316 e. The van der Waals surface area contributed by atoms with Crippen LogP contribution in [0.15, 0.2) is 29.6 Å². The zero-order chi connectivity index (χ0) is 11.5. The van der Waals surface area contributed by atoms with Gasteiger partial charge in [0.15, 0.2) is 0 Å². The second-order valence-electron chi connectivity index (χ2n) is 3.77. The van der Waals surface area contributed by atoms with E-state index in [-0.39, 0.29) is 0 Å². The Bertz CT molecular complexity index is 490. The monoisotopic (exact) mass is 251 g/mol. The summed E-state index contributed by atoms with van der Waals surface area (Å²) < 4.78 is 0. The van der Waals surface area contributed by atoms with Crippen molar-refractivity contribution in [1.82, 2.24) is 5.32 Å². The molecule has 0 unspecified atom stereocenters. The Morgan fingerprint density at radius 2 is 2.12 bits per heavy atom. The summed E-state index contributed by atoms with van der Waals surface area (Å²) in [5.41, 5.74) is 3.72. The van der Waals surface area contributed by atoms with Gasteiger partial charge in [0, 0.05) is 16.4 Å². The lowest BCUT2D eigenvalue weighted by atomic mass is 10.1. The molecule has 84 valence electrons. The Morgan fingerprint density at radius 3 is 2.75 bits per heavy atom. The number of halogens is 1. The van der Waals surface area contributed by atoms with Gasteiger partial charge in [-0.1, -0.05) is 17.7 Å². The Labute approximate surface area is 105 Å². The van der Waals surface area contributed by atoms with Crippen molar-refractivity contribution >= 4 is 22.9 Å². The zero-order valence-electron chi connectivity index (χ0n) is 9.38. The average molecular weight is 252 g/mol. The number of nitrogens with one attached hydrogen (secondary N) is 1. The summed E-state index contributed by atoms with van der Waals surface area (Å²) >= 11 is 7.91. The van der Waals surface area contributed by atoms with E-state index in [0.29, 0.717) is 0 Å². The molecule has 0 bridgehead atoms. The van der Waals surface area contributed by atoms with E-state index in [2.05, 4.69) is 35.8 Å². The summed E-state index contributed by atoms with van der Waals surface area (Å²) in [6.07, 6.45) is 0. The number of benzene rings is 1. The van der Waals surface area contributed by atoms with Crippen molar-refractivity contribution in [2.75, 3.05) is 7.05 Å². The first-order valence-corrected chi connectivity index (χ1v) is 6.45. The Balaban J connectivity index is 2.43. The van der Waals surface area contributed by atoms with Crippen molar-refractivity contribution in [1.29, 1.82) is 0 Å². The van der Waals surface area contributed by atoms with Crippen LogP contribution in [0.4, 0.5) is 0 Å². The van der Waals surface area contributed by atoms with E-state index in [4.69, 9.17) is 11.6 Å². The third-order valence-electron chi connectivity index (χ3n) is 2.54. The van der Waals surface area contributed by atoms with E-state index in [9.17, 15) is 0 Å². The molecule has 0 spiro atoms. The largest absolute Gasteiger partial charge is 0.316 e. The molecule has 0 amide bonds. The standard InChI is InChI=1S/C13H14ClNS/c1-9-5-6-16-13(9)10-3-4-12(14)11(7-10)8-15-2/h3-7,15H,8H2,1-2H3. The highest BCUT2D eigenvalue weighted by Crippen LogP contribution is 2.31. The quantitative estimate of drug-likeness (QED) is 0.866. The normalized spacial score (nSPS) is 10.7. The molecule has 0 radical (unpaired) electrons. The maximum Gasteiger partial charge on any atom is 0.0451 e. The molecule has 2 rings (SSSR count). The summed E-state index contributed by atoms with van der Waals surface area (Å²) in [7, 11) is 1.93. The van der Waals surface area contributed by atoms with Gasteiger partial charge in [0.05, 0.1) is 0 Å². The van der Waals surface area contributed by atoms with E-state index in [1.165, 1.54) is 16.0 Å². The highest BCUT2D eigenvalue weighted by molar-refractivity contribution is 7.13. The first-order valence-electron chi connectivity index (χ1n) is 5.20. The molecule has 3 heteroatoms. The van der Waals surface area contributed by atoms with Gasteiger partial charge in [0.1, 0.15) is 0 Å². The SMILES string of the molecule is CNCc1cc(-c2sccc2C)ccc1Cl. The lowest BCUT2D eigenvalue weighted by Gasteiger charge is -2.07. The van der Waals surface area contributed by atoms with E-state index in [0.717, 1.165) is 17.1 Å². The molecule has 0 aliphatic rings. The van der Waals surface area contributed by atoms with E-state index >= 15 is 0 Å². The molecule has 0 atom stereocenters. The fourth-order valence-electron chi connectivity index (χ4n) is 1.71. The first kappa shape index (κ1) is 11.6. The molecule has 0 aliphatic heterocycles. The number of hydrogen-bond acceptors (Lipinski definition) is 2. The molecule has 2 aromatic rings. The lowest BCUT2D eigenvalue weighted by molar-refractivity contribution is 0.818. The van der Waals surface area contributed by atoms with Crippen LogP contribution >= 0.6 is 22.9 Å². The molecule has 1 heterocycles. The van der Waals surface area contributed by atoms with Crippen LogP contribution in [0.3, 0.4) is 0 Å². The minimum absolute atomic E-state index is 0.803. The summed E-state index contributed by atoms with van der Waals surface area (Å²) in [5.74, 6) is 0. The van der Waals surface area contributed by atoms with Gasteiger partial charge in [-0.3, -0.25) is 0 Å². The maximum atomic E-state index is 6.14. The molecule has 16 heavy (non-hydrogen) atoms. The molecule has 1 aromatic heterocycles. The van der Waals surface area contributed by atoms with Gasteiger partial charge in [0.25, 0.3) is 0 Å². The van der Waals surface area contributed by atoms with Crippen LogP contribution in [-0.4, -0.2) is 7.05 Å². The third kappa shape index (κ3) is 2.29. The van der Waals surface area contributed by atoms with Crippen molar-refractivity contribution in [2.45, 2.75) is 13.5 Å². The smallest absolute Gasteiger partial charge is 0.0451 e. The fraction of sp³-hybridized carbons (Fsp3) is 0.231. The van der Waals surface area contributed by atoms with Crippen LogP contribution in [0.5, 0.6) is 0 Å². The predicted octanol–water partition coefficient (Wildman–Crippen LogP) is 4.10. The van der Waals surface area contributed by atoms with Gasteiger partial charge in [-0.2, -0.15) is 0 Å². The molecule has 1 aromatic carbocycles. The molecule has 0 aliphatic carbocycles. The maximum absolute atomic E-state index is 6.14. The highest BCUT2D eigenvalue weighted by Gasteiger charge is 2.06. The number of rotatable bonds is 3. The van der Waals surface area contributed by atoms with Gasteiger partial charge in [-0.15, -0.1) is 11.3 Å². The first-order chi connectivity index (χ1) is 7.72. The summed E-state index contributed by atoms with van der Waals surface area (Å²) in [6, 6.07) is 8.37. The van der Waals surface area contributed by atoms with Crippen molar-refractivity contribution in [3.63, 3.8) is 0 Å². The van der Waals surface area contributed by atoms with E-state index < -0.39 is 0 Å². The van der Waals surface area contributed by atoms with Crippen LogP contribution in [-0.2, 0) is 6.54 Å². The molecular formula is C13H14ClNS. The number of thiophene rings is 1. The van der Waals surface area contributed by atoms with Crippen molar-refractivity contribution in [3.05, 3.63) is 45.8 Å². The van der Waals surface area contributed by atoms with Crippen molar-refractivity contribution in [2.24, 2.45) is 0 Å². The van der Waals surface area contributed by atoms with Gasteiger partial charge in [0.2, 0.25) is 0 Å². The molecule has 0 fully saturated rings.